The lowest BCUT2D eigenvalue weighted by Gasteiger charge is -2.21. The van der Waals surface area contributed by atoms with Gasteiger partial charge in [0, 0.05) is 11.6 Å². The summed E-state index contributed by atoms with van der Waals surface area (Å²) in [5.74, 6) is 0.152. The van der Waals surface area contributed by atoms with Gasteiger partial charge in [0.2, 0.25) is 0 Å². The summed E-state index contributed by atoms with van der Waals surface area (Å²) in [5.41, 5.74) is 0.488. The second kappa shape index (κ2) is 5.80. The molecule has 0 radical (unpaired) electrons. The third-order valence-corrected chi connectivity index (χ3v) is 2.94. The first kappa shape index (κ1) is 13.7. The van der Waals surface area contributed by atoms with E-state index in [4.69, 9.17) is 4.74 Å². The van der Waals surface area contributed by atoms with E-state index in [1.54, 1.807) is 0 Å². The predicted molar refractivity (Wildman–Crippen MR) is 70.2 cm³/mol. The van der Waals surface area contributed by atoms with Gasteiger partial charge in [-0.25, -0.2) is 0 Å². The van der Waals surface area contributed by atoms with Crippen LogP contribution >= 0.6 is 0 Å². The zero-order valence-electron chi connectivity index (χ0n) is 11.1. The average molecular weight is 235 g/mol. The number of methoxy groups -OCH3 is 1. The molecule has 1 aliphatic rings. The molecule has 0 aromatic rings. The van der Waals surface area contributed by atoms with Gasteiger partial charge in [-0.3, -0.25) is 9.79 Å². The van der Waals surface area contributed by atoms with Gasteiger partial charge in [0.25, 0.3) is 0 Å². The molecule has 0 fully saturated rings. The monoisotopic (exact) mass is 235 g/mol. The number of hydrogen-bond acceptors (Lipinski definition) is 3. The van der Waals surface area contributed by atoms with Crippen molar-refractivity contribution in [3.63, 3.8) is 0 Å². The SMILES string of the molecule is CCC1C=CC=CC1=NCC(C)(C)C(=O)OC. The zero-order valence-corrected chi connectivity index (χ0v) is 11.1. The van der Waals surface area contributed by atoms with Crippen molar-refractivity contribution >= 4 is 11.7 Å². The van der Waals surface area contributed by atoms with E-state index in [0.717, 1.165) is 12.1 Å². The molecule has 1 unspecified atom stereocenters. The van der Waals surface area contributed by atoms with Crippen LogP contribution in [-0.4, -0.2) is 25.3 Å². The van der Waals surface area contributed by atoms with E-state index >= 15 is 0 Å². The van der Waals surface area contributed by atoms with Gasteiger partial charge in [-0.15, -0.1) is 0 Å². The van der Waals surface area contributed by atoms with Gasteiger partial charge in [-0.05, 0) is 26.3 Å². The maximum absolute atomic E-state index is 11.5. The number of esters is 1. The average Bonchev–Trinajstić information content (AvgIpc) is 2.35. The van der Waals surface area contributed by atoms with Crippen LogP contribution in [0.2, 0.25) is 0 Å². The number of hydrogen-bond donors (Lipinski definition) is 0. The Morgan fingerprint density at radius 2 is 2.18 bits per heavy atom. The summed E-state index contributed by atoms with van der Waals surface area (Å²) in [4.78, 5) is 16.1. The fourth-order valence-corrected chi connectivity index (χ4v) is 1.72. The highest BCUT2D eigenvalue weighted by Gasteiger charge is 2.28. The lowest BCUT2D eigenvalue weighted by atomic mass is 9.92. The standard InChI is InChI=1S/C14H21NO2/c1-5-11-8-6-7-9-12(11)15-10-14(2,3)13(16)17-4/h6-9,11H,5,10H2,1-4H3. The summed E-state index contributed by atoms with van der Waals surface area (Å²) in [6.07, 6.45) is 9.21. The van der Waals surface area contributed by atoms with Crippen molar-refractivity contribution in [2.75, 3.05) is 13.7 Å². The lowest BCUT2D eigenvalue weighted by molar-refractivity contribution is -0.150. The van der Waals surface area contributed by atoms with Crippen molar-refractivity contribution in [3.05, 3.63) is 24.3 Å². The van der Waals surface area contributed by atoms with Crippen molar-refractivity contribution in [1.82, 2.24) is 0 Å². The van der Waals surface area contributed by atoms with Crippen molar-refractivity contribution in [3.8, 4) is 0 Å². The van der Waals surface area contributed by atoms with Crippen LogP contribution in [0.3, 0.4) is 0 Å². The number of carbonyl (C=O) groups is 1. The number of aliphatic imine (C=N–C) groups is 1. The van der Waals surface area contributed by atoms with Gasteiger partial charge in [0.15, 0.2) is 0 Å². The molecule has 0 bridgehead atoms. The Labute approximate surface area is 103 Å². The minimum atomic E-state index is -0.560. The van der Waals surface area contributed by atoms with E-state index in [9.17, 15) is 4.79 Å². The van der Waals surface area contributed by atoms with Gasteiger partial charge >= 0.3 is 5.97 Å². The second-order valence-electron chi connectivity index (χ2n) is 4.88. The molecule has 0 saturated heterocycles. The molecule has 0 amide bonds. The van der Waals surface area contributed by atoms with E-state index in [2.05, 4.69) is 18.0 Å². The third kappa shape index (κ3) is 3.55. The van der Waals surface area contributed by atoms with Crippen LogP contribution < -0.4 is 0 Å². The van der Waals surface area contributed by atoms with Crippen LogP contribution in [0.25, 0.3) is 0 Å². The molecule has 0 heterocycles. The van der Waals surface area contributed by atoms with Crippen molar-refractivity contribution in [1.29, 1.82) is 0 Å². The molecule has 1 aliphatic carbocycles. The summed E-state index contributed by atoms with van der Waals surface area (Å²) in [7, 11) is 1.41. The predicted octanol–water partition coefficient (Wildman–Crippen LogP) is 2.78. The van der Waals surface area contributed by atoms with E-state index in [-0.39, 0.29) is 5.97 Å². The molecule has 0 aromatic heterocycles. The van der Waals surface area contributed by atoms with E-state index < -0.39 is 5.41 Å². The van der Waals surface area contributed by atoms with Crippen molar-refractivity contribution in [2.45, 2.75) is 27.2 Å². The first-order valence-corrected chi connectivity index (χ1v) is 5.99. The highest BCUT2D eigenvalue weighted by Crippen LogP contribution is 2.20. The summed E-state index contributed by atoms with van der Waals surface area (Å²) < 4.78 is 4.77. The van der Waals surface area contributed by atoms with Crippen LogP contribution in [0, 0.1) is 11.3 Å². The highest BCUT2D eigenvalue weighted by atomic mass is 16.5. The topological polar surface area (TPSA) is 38.7 Å². The van der Waals surface area contributed by atoms with Gasteiger partial charge in [-0.1, -0.05) is 25.2 Å². The molecule has 0 spiro atoms. The summed E-state index contributed by atoms with van der Waals surface area (Å²) in [6.45, 7) is 6.30. The van der Waals surface area contributed by atoms with Gasteiger partial charge < -0.3 is 4.74 Å². The van der Waals surface area contributed by atoms with Crippen molar-refractivity contribution in [2.24, 2.45) is 16.3 Å². The second-order valence-corrected chi connectivity index (χ2v) is 4.88. The molecule has 94 valence electrons. The Kier molecular flexibility index (Phi) is 4.67. The normalized spacial score (nSPS) is 21.9. The molecule has 17 heavy (non-hydrogen) atoms. The molecule has 3 nitrogen and oxygen atoms in total. The maximum atomic E-state index is 11.5. The third-order valence-electron chi connectivity index (χ3n) is 2.94. The molecular weight excluding hydrogens is 214 g/mol. The molecule has 0 N–H and O–H groups in total. The van der Waals surface area contributed by atoms with Crippen LogP contribution in [0.1, 0.15) is 27.2 Å². The Bertz CT molecular complexity index is 364. The molecule has 0 aliphatic heterocycles. The maximum Gasteiger partial charge on any atom is 0.313 e. The van der Waals surface area contributed by atoms with Crippen LogP contribution in [0.5, 0.6) is 0 Å². The van der Waals surface area contributed by atoms with Crippen LogP contribution in [-0.2, 0) is 9.53 Å². The minimum Gasteiger partial charge on any atom is -0.469 e. The lowest BCUT2D eigenvalue weighted by Crippen LogP contribution is -2.29. The molecule has 0 saturated carbocycles. The Balaban J connectivity index is 2.73. The number of nitrogens with zero attached hydrogens (tertiary/aromatic N) is 1. The Hall–Kier alpha value is -1.38. The molecular formula is C14H21NO2. The van der Waals surface area contributed by atoms with Gasteiger partial charge in [0.05, 0.1) is 19.1 Å². The summed E-state index contributed by atoms with van der Waals surface area (Å²) >= 11 is 0. The fraction of sp³-hybridized carbons (Fsp3) is 0.571. The number of rotatable bonds is 4. The number of carbonyl (C=O) groups excluding carboxylic acids is 1. The smallest absolute Gasteiger partial charge is 0.313 e. The minimum absolute atomic E-state index is 0.217. The number of allylic oxidation sites excluding steroid dienone is 4. The first-order valence-electron chi connectivity index (χ1n) is 5.99. The summed E-state index contributed by atoms with van der Waals surface area (Å²) in [6, 6.07) is 0. The largest absolute Gasteiger partial charge is 0.469 e. The van der Waals surface area contributed by atoms with Crippen LogP contribution in [0.15, 0.2) is 29.3 Å². The molecule has 0 aromatic carbocycles. The van der Waals surface area contributed by atoms with Crippen molar-refractivity contribution < 1.29 is 9.53 Å². The molecule has 1 atom stereocenters. The Morgan fingerprint density at radius 1 is 1.47 bits per heavy atom. The quantitative estimate of drug-likeness (QED) is 0.703. The zero-order chi connectivity index (χ0) is 12.9. The van der Waals surface area contributed by atoms with E-state index in [1.165, 1.54) is 7.11 Å². The van der Waals surface area contributed by atoms with Gasteiger partial charge in [0.1, 0.15) is 0 Å². The first-order chi connectivity index (χ1) is 8.01. The number of ether oxygens (including phenoxy) is 1. The summed E-state index contributed by atoms with van der Waals surface area (Å²) in [5, 5.41) is 0. The molecule has 1 rings (SSSR count). The van der Waals surface area contributed by atoms with E-state index in [1.807, 2.05) is 32.1 Å². The molecule has 3 heteroatoms. The fourth-order valence-electron chi connectivity index (χ4n) is 1.72. The van der Waals surface area contributed by atoms with E-state index in [0.29, 0.717) is 12.5 Å². The van der Waals surface area contributed by atoms with Gasteiger partial charge in [-0.2, -0.15) is 0 Å². The van der Waals surface area contributed by atoms with Crippen LogP contribution in [0.4, 0.5) is 0 Å². The Morgan fingerprint density at radius 3 is 2.76 bits per heavy atom. The highest BCUT2D eigenvalue weighted by molar-refractivity contribution is 5.99.